The molecule has 4 atom stereocenters. The minimum atomic E-state index is 0.558. The highest BCUT2D eigenvalue weighted by Gasteiger charge is 2.29. The summed E-state index contributed by atoms with van der Waals surface area (Å²) in [6.45, 7) is 8.98. The van der Waals surface area contributed by atoms with Crippen LogP contribution in [0.15, 0.2) is 0 Å². The molecule has 4 unspecified atom stereocenters. The Bertz CT molecular complexity index is 198. The zero-order valence-electron chi connectivity index (χ0n) is 11.5. The lowest BCUT2D eigenvalue weighted by Crippen LogP contribution is -2.52. The van der Waals surface area contributed by atoms with Crippen LogP contribution < -0.4 is 5.32 Å². The van der Waals surface area contributed by atoms with Crippen molar-refractivity contribution in [2.45, 2.75) is 51.7 Å². The summed E-state index contributed by atoms with van der Waals surface area (Å²) in [7, 11) is 4.00. The second-order valence-electron chi connectivity index (χ2n) is 5.46. The molecule has 1 saturated heterocycles. The summed E-state index contributed by atoms with van der Waals surface area (Å²) in [5, 5.41) is 3.75. The molecule has 1 N–H and O–H groups in total. The van der Waals surface area contributed by atoms with Crippen molar-refractivity contribution in [3.05, 3.63) is 0 Å². The van der Waals surface area contributed by atoms with Gasteiger partial charge in [0.25, 0.3) is 0 Å². The average molecular weight is 228 g/mol. The lowest BCUT2D eigenvalue weighted by Gasteiger charge is -2.41. The fourth-order valence-electron chi connectivity index (χ4n) is 2.52. The average Bonchev–Trinajstić information content (AvgIpc) is 2.23. The van der Waals surface area contributed by atoms with Crippen LogP contribution in [-0.2, 0) is 4.74 Å². The van der Waals surface area contributed by atoms with Crippen molar-refractivity contribution in [2.24, 2.45) is 5.92 Å². The maximum absolute atomic E-state index is 5.12. The quantitative estimate of drug-likeness (QED) is 0.775. The van der Waals surface area contributed by atoms with Crippen molar-refractivity contribution in [2.75, 3.05) is 27.3 Å². The van der Waals surface area contributed by atoms with Crippen LogP contribution in [0.2, 0.25) is 0 Å². The van der Waals surface area contributed by atoms with Crippen molar-refractivity contribution in [1.29, 1.82) is 0 Å². The van der Waals surface area contributed by atoms with Gasteiger partial charge in [-0.25, -0.2) is 0 Å². The Hall–Kier alpha value is -0.120. The van der Waals surface area contributed by atoms with E-state index in [2.05, 4.69) is 38.0 Å². The number of piperidine rings is 1. The first-order chi connectivity index (χ1) is 7.54. The molecule has 1 aliphatic heterocycles. The molecule has 3 heteroatoms. The van der Waals surface area contributed by atoms with Gasteiger partial charge in [-0.1, -0.05) is 6.92 Å². The monoisotopic (exact) mass is 228 g/mol. The molecule has 1 heterocycles. The van der Waals surface area contributed by atoms with Gasteiger partial charge in [0.15, 0.2) is 0 Å². The van der Waals surface area contributed by atoms with Crippen molar-refractivity contribution >= 4 is 0 Å². The van der Waals surface area contributed by atoms with Gasteiger partial charge in [-0.05, 0) is 39.7 Å². The Morgan fingerprint density at radius 3 is 2.75 bits per heavy atom. The molecule has 96 valence electrons. The normalized spacial score (nSPS) is 33.9. The Labute approximate surface area is 101 Å². The number of nitrogens with one attached hydrogen (secondary N) is 1. The number of hydrogen-bond acceptors (Lipinski definition) is 3. The van der Waals surface area contributed by atoms with Crippen LogP contribution in [0.4, 0.5) is 0 Å². The number of likely N-dealkylation sites (tertiary alicyclic amines) is 1. The first kappa shape index (κ1) is 13.9. The number of hydrogen-bond donors (Lipinski definition) is 1. The first-order valence-corrected chi connectivity index (χ1v) is 6.49. The largest absolute Gasteiger partial charge is 0.385 e. The van der Waals surface area contributed by atoms with E-state index in [1.165, 1.54) is 13.0 Å². The molecule has 0 amide bonds. The molecule has 0 aromatic rings. The first-order valence-electron chi connectivity index (χ1n) is 6.49. The van der Waals surface area contributed by atoms with E-state index in [4.69, 9.17) is 4.74 Å². The fourth-order valence-corrected chi connectivity index (χ4v) is 2.52. The van der Waals surface area contributed by atoms with Crippen LogP contribution in [0.5, 0.6) is 0 Å². The molecule has 1 rings (SSSR count). The van der Waals surface area contributed by atoms with Gasteiger partial charge in [-0.2, -0.15) is 0 Å². The van der Waals surface area contributed by atoms with Crippen LogP contribution in [0, 0.1) is 5.92 Å². The van der Waals surface area contributed by atoms with E-state index in [0.717, 1.165) is 18.9 Å². The second kappa shape index (κ2) is 6.58. The predicted octanol–water partition coefficient (Wildman–Crippen LogP) is 1.73. The zero-order valence-corrected chi connectivity index (χ0v) is 11.5. The van der Waals surface area contributed by atoms with Crippen LogP contribution in [0.1, 0.15) is 33.6 Å². The number of methoxy groups -OCH3 is 1. The number of ether oxygens (including phenoxy) is 1. The maximum Gasteiger partial charge on any atom is 0.0476 e. The molecule has 0 aromatic heterocycles. The van der Waals surface area contributed by atoms with Crippen LogP contribution in [0.25, 0.3) is 0 Å². The molecule has 16 heavy (non-hydrogen) atoms. The Morgan fingerprint density at radius 2 is 2.12 bits per heavy atom. The summed E-state index contributed by atoms with van der Waals surface area (Å²) in [4.78, 5) is 2.46. The summed E-state index contributed by atoms with van der Waals surface area (Å²) < 4.78 is 5.12. The highest BCUT2D eigenvalue weighted by atomic mass is 16.5. The van der Waals surface area contributed by atoms with Crippen molar-refractivity contribution in [1.82, 2.24) is 10.2 Å². The molecule has 0 aromatic carbocycles. The van der Waals surface area contributed by atoms with Crippen molar-refractivity contribution in [3.8, 4) is 0 Å². The highest BCUT2D eigenvalue weighted by Crippen LogP contribution is 2.21. The maximum atomic E-state index is 5.12. The Balaban J connectivity index is 2.35. The van der Waals surface area contributed by atoms with Gasteiger partial charge in [0.2, 0.25) is 0 Å². The molecule has 1 aliphatic rings. The molecule has 0 spiro atoms. The molecule has 0 radical (unpaired) electrons. The third kappa shape index (κ3) is 4.04. The lowest BCUT2D eigenvalue weighted by atomic mass is 9.89. The summed E-state index contributed by atoms with van der Waals surface area (Å²) in [6.07, 6.45) is 2.36. The minimum Gasteiger partial charge on any atom is -0.385 e. The highest BCUT2D eigenvalue weighted by molar-refractivity contribution is 4.87. The van der Waals surface area contributed by atoms with Crippen LogP contribution in [-0.4, -0.2) is 50.3 Å². The molecular weight excluding hydrogens is 200 g/mol. The van der Waals surface area contributed by atoms with Gasteiger partial charge < -0.3 is 15.0 Å². The van der Waals surface area contributed by atoms with Gasteiger partial charge in [0.05, 0.1) is 0 Å². The molecule has 3 nitrogen and oxygen atoms in total. The summed E-state index contributed by atoms with van der Waals surface area (Å²) >= 11 is 0. The SMILES string of the molecule is COCCC(C)NC1CC(C)N(C)CC1C. The van der Waals surface area contributed by atoms with Crippen molar-refractivity contribution in [3.63, 3.8) is 0 Å². The third-order valence-electron chi connectivity index (χ3n) is 3.86. The zero-order chi connectivity index (χ0) is 12.1. The van der Waals surface area contributed by atoms with Crippen LogP contribution >= 0.6 is 0 Å². The fraction of sp³-hybridized carbons (Fsp3) is 1.00. The van der Waals surface area contributed by atoms with E-state index in [9.17, 15) is 0 Å². The summed E-state index contributed by atoms with van der Waals surface area (Å²) in [5.41, 5.74) is 0. The molecular formula is C13H28N2O. The van der Waals surface area contributed by atoms with Gasteiger partial charge in [0, 0.05) is 38.4 Å². The lowest BCUT2D eigenvalue weighted by molar-refractivity contribution is 0.111. The topological polar surface area (TPSA) is 24.5 Å². The van der Waals surface area contributed by atoms with E-state index in [1.54, 1.807) is 7.11 Å². The van der Waals surface area contributed by atoms with E-state index < -0.39 is 0 Å². The van der Waals surface area contributed by atoms with Gasteiger partial charge in [-0.3, -0.25) is 0 Å². The molecule has 1 fully saturated rings. The third-order valence-corrected chi connectivity index (χ3v) is 3.86. The smallest absolute Gasteiger partial charge is 0.0476 e. The van der Waals surface area contributed by atoms with Gasteiger partial charge in [-0.15, -0.1) is 0 Å². The minimum absolute atomic E-state index is 0.558. The predicted molar refractivity (Wildman–Crippen MR) is 68.8 cm³/mol. The van der Waals surface area contributed by atoms with Gasteiger partial charge in [0.1, 0.15) is 0 Å². The molecule has 0 saturated carbocycles. The summed E-state index contributed by atoms with van der Waals surface area (Å²) in [6, 6.07) is 1.92. The summed E-state index contributed by atoms with van der Waals surface area (Å²) in [5.74, 6) is 0.742. The van der Waals surface area contributed by atoms with Crippen molar-refractivity contribution < 1.29 is 4.74 Å². The Kier molecular flexibility index (Phi) is 5.73. The number of rotatable bonds is 5. The van der Waals surface area contributed by atoms with Gasteiger partial charge >= 0.3 is 0 Å². The van der Waals surface area contributed by atoms with E-state index >= 15 is 0 Å². The Morgan fingerprint density at radius 1 is 1.44 bits per heavy atom. The van der Waals surface area contributed by atoms with Crippen LogP contribution in [0.3, 0.4) is 0 Å². The number of nitrogens with zero attached hydrogens (tertiary/aromatic N) is 1. The molecule has 0 aliphatic carbocycles. The van der Waals surface area contributed by atoms with E-state index in [-0.39, 0.29) is 0 Å². The standard InChI is InChI=1S/C13H28N2O/c1-10-9-15(4)12(3)8-13(10)14-11(2)6-7-16-5/h10-14H,6-9H2,1-5H3. The van der Waals surface area contributed by atoms with E-state index in [1.807, 2.05) is 0 Å². The second-order valence-corrected chi connectivity index (χ2v) is 5.46. The molecule has 0 bridgehead atoms. The van der Waals surface area contributed by atoms with E-state index in [0.29, 0.717) is 18.1 Å².